The van der Waals surface area contributed by atoms with Gasteiger partial charge in [-0.25, -0.2) is 4.79 Å². The Morgan fingerprint density at radius 1 is 0.674 bits per heavy atom. The van der Waals surface area contributed by atoms with Gasteiger partial charge >= 0.3 is 11.9 Å². The number of aryl methyl sites for hydroxylation is 2. The van der Waals surface area contributed by atoms with Gasteiger partial charge in [0.25, 0.3) is 11.8 Å². The fourth-order valence-electron chi connectivity index (χ4n) is 6.20. The number of nitrogens with zero attached hydrogens (tertiary/aromatic N) is 1. The van der Waals surface area contributed by atoms with Crippen LogP contribution >= 0.6 is 0 Å². The zero-order chi connectivity index (χ0) is 32.3. The molecule has 1 fully saturated rings. The predicted molar refractivity (Wildman–Crippen MR) is 178 cm³/mol. The molecular formula is C34H51NO6Si2. The molecule has 9 heteroatoms. The summed E-state index contributed by atoms with van der Waals surface area (Å²) in [4.78, 5) is 50.1. The zero-order valence-corrected chi connectivity index (χ0v) is 29.6. The quantitative estimate of drug-likeness (QED) is 0.235. The van der Waals surface area contributed by atoms with E-state index in [4.69, 9.17) is 9.94 Å². The number of aliphatic carboxylic acids is 1. The van der Waals surface area contributed by atoms with Crippen LogP contribution < -0.4 is 10.4 Å². The number of hydrogen-bond donors (Lipinski definition) is 1. The van der Waals surface area contributed by atoms with Gasteiger partial charge in [0.2, 0.25) is 0 Å². The zero-order valence-electron chi connectivity index (χ0n) is 27.3. The minimum absolute atomic E-state index is 0.115. The highest BCUT2D eigenvalue weighted by Crippen LogP contribution is 2.21. The Bertz CT molecular complexity index is 1180. The van der Waals surface area contributed by atoms with Crippen LogP contribution in [0.1, 0.15) is 92.2 Å². The van der Waals surface area contributed by atoms with Crippen LogP contribution in [0.15, 0.2) is 48.5 Å². The number of carboxylic acids is 1. The Labute approximate surface area is 261 Å². The molecule has 0 unspecified atom stereocenters. The molecule has 1 aliphatic rings. The number of carbonyl (C=O) groups excluding carboxylic acids is 3. The number of hydrogen-bond acceptors (Lipinski definition) is 5. The highest BCUT2D eigenvalue weighted by Gasteiger charge is 2.32. The second-order valence-corrected chi connectivity index (χ2v) is 21.7. The van der Waals surface area contributed by atoms with Gasteiger partial charge in [-0.1, -0.05) is 114 Å². The maximum Gasteiger partial charge on any atom is 0.333 e. The van der Waals surface area contributed by atoms with Crippen molar-refractivity contribution >= 4 is 51.7 Å². The van der Waals surface area contributed by atoms with Crippen LogP contribution in [0, 0.1) is 0 Å². The number of benzene rings is 2. The van der Waals surface area contributed by atoms with Crippen molar-refractivity contribution in [1.82, 2.24) is 5.06 Å². The number of amides is 2. The molecule has 0 saturated carbocycles. The second-order valence-electron chi connectivity index (χ2n) is 12.9. The van der Waals surface area contributed by atoms with Crippen LogP contribution in [0.4, 0.5) is 0 Å². The van der Waals surface area contributed by atoms with E-state index in [0.717, 1.165) is 22.2 Å². The average Bonchev–Trinajstić information content (AvgIpc) is 3.24. The first-order valence-electron chi connectivity index (χ1n) is 15.7. The lowest BCUT2D eigenvalue weighted by Crippen LogP contribution is -2.35. The molecule has 1 saturated heterocycles. The first-order chi connectivity index (χ1) is 20.2. The van der Waals surface area contributed by atoms with Gasteiger partial charge in [0.1, 0.15) is 0 Å². The normalized spacial score (nSPS) is 13.5. The molecule has 0 bridgehead atoms. The molecule has 1 heterocycles. The van der Waals surface area contributed by atoms with E-state index >= 15 is 0 Å². The van der Waals surface area contributed by atoms with Gasteiger partial charge in [0.15, 0.2) is 0 Å². The minimum atomic E-state index is -1.01. The molecule has 43 heavy (non-hydrogen) atoms. The van der Waals surface area contributed by atoms with Crippen LogP contribution in [0.25, 0.3) is 0 Å². The summed E-state index contributed by atoms with van der Waals surface area (Å²) in [6, 6.07) is 17.1. The summed E-state index contributed by atoms with van der Waals surface area (Å²) in [5, 5.41) is 12.2. The first-order valence-corrected chi connectivity index (χ1v) is 19.5. The molecule has 2 aromatic rings. The third-order valence-electron chi connectivity index (χ3n) is 8.05. The van der Waals surface area contributed by atoms with E-state index in [1.165, 1.54) is 10.4 Å². The fourth-order valence-corrected chi connectivity index (χ4v) is 13.6. The Morgan fingerprint density at radius 3 is 1.35 bits per heavy atom. The van der Waals surface area contributed by atoms with Crippen molar-refractivity contribution in [2.45, 2.75) is 116 Å². The van der Waals surface area contributed by atoms with Crippen LogP contribution in [0.2, 0.25) is 22.2 Å². The molecule has 0 atom stereocenters. The molecule has 1 N–H and O–H groups in total. The van der Waals surface area contributed by atoms with Gasteiger partial charge in [-0.3, -0.25) is 14.4 Å². The Kier molecular flexibility index (Phi) is 14.5. The largest absolute Gasteiger partial charge is 0.481 e. The van der Waals surface area contributed by atoms with Crippen LogP contribution in [-0.4, -0.2) is 51.5 Å². The lowest BCUT2D eigenvalue weighted by molar-refractivity contribution is -0.197. The van der Waals surface area contributed by atoms with E-state index in [-0.39, 0.29) is 25.7 Å². The topological polar surface area (TPSA) is 101 Å². The van der Waals surface area contributed by atoms with Crippen molar-refractivity contribution in [3.05, 3.63) is 59.7 Å². The second kappa shape index (κ2) is 17.3. The summed E-state index contributed by atoms with van der Waals surface area (Å²) >= 11 is 0. The molecule has 1 aliphatic heterocycles. The van der Waals surface area contributed by atoms with Crippen molar-refractivity contribution in [2.75, 3.05) is 0 Å². The van der Waals surface area contributed by atoms with Gasteiger partial charge in [0.05, 0.1) is 24.0 Å². The van der Waals surface area contributed by atoms with Crippen molar-refractivity contribution in [3.8, 4) is 0 Å². The minimum Gasteiger partial charge on any atom is -0.481 e. The molecule has 2 aromatic carbocycles. The summed E-state index contributed by atoms with van der Waals surface area (Å²) in [7, 11) is -1.92. The SMILES string of the molecule is CC(C)[SiH](c1ccc(CCC(=O)O)cc1)C(C)C.CC(C)[SiH](c1ccc(CCC(=O)ON2C(=O)CCC2=O)cc1)C(C)C. The average molecular weight is 626 g/mol. The number of rotatable bonds is 13. The summed E-state index contributed by atoms with van der Waals surface area (Å²) in [6.07, 6.45) is 1.75. The standard InChI is InChI=1S/C19H27NO4Si.C15H24O2Si/c1-13(2)25(14(3)4)16-8-5-15(6-9-16)7-12-19(23)24-20-17(21)10-11-18(20)22;1-11(2)18(12(3)4)14-8-5-13(6-9-14)7-10-15(16)17/h5-6,8-9,13-14,25H,7,10-12H2,1-4H3;5-6,8-9,11-12,18H,7,10H2,1-4H3,(H,16,17). The van der Waals surface area contributed by atoms with Gasteiger partial charge in [-0.15, -0.1) is 5.06 Å². The van der Waals surface area contributed by atoms with E-state index in [2.05, 4.69) is 104 Å². The van der Waals surface area contributed by atoms with E-state index < -0.39 is 41.3 Å². The maximum absolute atomic E-state index is 11.9. The third kappa shape index (κ3) is 11.5. The summed E-state index contributed by atoms with van der Waals surface area (Å²) < 4.78 is 0. The van der Waals surface area contributed by atoms with Crippen LogP contribution in [-0.2, 0) is 36.9 Å². The van der Waals surface area contributed by atoms with Crippen LogP contribution in [0.3, 0.4) is 0 Å². The van der Waals surface area contributed by atoms with E-state index in [9.17, 15) is 19.2 Å². The Hall–Kier alpha value is -3.05. The van der Waals surface area contributed by atoms with E-state index in [1.807, 2.05) is 0 Å². The van der Waals surface area contributed by atoms with Gasteiger partial charge in [-0.2, -0.15) is 0 Å². The molecule has 2 amide bonds. The molecule has 0 aromatic heterocycles. The monoisotopic (exact) mass is 625 g/mol. The number of imide groups is 1. The Morgan fingerprint density at radius 2 is 1.02 bits per heavy atom. The molecule has 236 valence electrons. The lowest BCUT2D eigenvalue weighted by atomic mass is 10.1. The molecular weight excluding hydrogens is 575 g/mol. The first kappa shape index (κ1) is 36.1. The molecule has 7 nitrogen and oxygen atoms in total. The van der Waals surface area contributed by atoms with Gasteiger partial charge in [-0.05, 0) is 46.1 Å². The van der Waals surface area contributed by atoms with E-state index in [1.54, 1.807) is 0 Å². The highest BCUT2D eigenvalue weighted by molar-refractivity contribution is 6.76. The van der Waals surface area contributed by atoms with Crippen molar-refractivity contribution in [3.63, 3.8) is 0 Å². The lowest BCUT2D eigenvalue weighted by Gasteiger charge is -2.23. The fraction of sp³-hybridized carbons (Fsp3) is 0.529. The van der Waals surface area contributed by atoms with Crippen molar-refractivity contribution < 1.29 is 29.1 Å². The van der Waals surface area contributed by atoms with Crippen molar-refractivity contribution in [2.24, 2.45) is 0 Å². The molecule has 0 spiro atoms. The highest BCUT2D eigenvalue weighted by atomic mass is 28.3. The number of carboxylic acid groups (broad SMARTS) is 1. The van der Waals surface area contributed by atoms with Crippen LogP contribution in [0.5, 0.6) is 0 Å². The smallest absolute Gasteiger partial charge is 0.333 e. The summed E-state index contributed by atoms with van der Waals surface area (Å²) in [5.41, 5.74) is 5.11. The van der Waals surface area contributed by atoms with Gasteiger partial charge < -0.3 is 9.94 Å². The van der Waals surface area contributed by atoms with Crippen molar-refractivity contribution in [1.29, 1.82) is 0 Å². The number of hydroxylamine groups is 2. The predicted octanol–water partition coefficient (Wildman–Crippen LogP) is 5.44. The van der Waals surface area contributed by atoms with Gasteiger partial charge in [0, 0.05) is 19.3 Å². The Balaban J connectivity index is 0.000000317. The molecule has 0 aliphatic carbocycles. The summed E-state index contributed by atoms with van der Waals surface area (Å²) in [5.74, 6) is -2.16. The molecule has 3 rings (SSSR count). The molecule has 0 radical (unpaired) electrons. The van der Waals surface area contributed by atoms with E-state index in [0.29, 0.717) is 29.0 Å². The maximum atomic E-state index is 11.9. The third-order valence-corrected chi connectivity index (χ3v) is 16.1. The summed E-state index contributed by atoms with van der Waals surface area (Å²) in [6.45, 7) is 18.4. The number of carbonyl (C=O) groups is 4.